The predicted molar refractivity (Wildman–Crippen MR) is 120 cm³/mol. The van der Waals surface area contributed by atoms with Crippen LogP contribution in [0.3, 0.4) is 0 Å². The van der Waals surface area contributed by atoms with Crippen molar-refractivity contribution in [1.29, 1.82) is 0 Å². The second kappa shape index (κ2) is 8.07. The molecule has 5 heteroatoms. The minimum absolute atomic E-state index is 0.0875. The summed E-state index contributed by atoms with van der Waals surface area (Å²) < 4.78 is 5.34. The largest absolute Gasteiger partial charge is 0.450 e. The number of anilines is 1. The van der Waals surface area contributed by atoms with Crippen LogP contribution in [0.1, 0.15) is 56.6 Å². The lowest BCUT2D eigenvalue weighted by molar-refractivity contribution is 0.0641. The van der Waals surface area contributed by atoms with Gasteiger partial charge < -0.3 is 19.9 Å². The number of hydrogen-bond donors (Lipinski definition) is 1. The number of aryl methyl sites for hydroxylation is 1. The molecule has 1 N–H and O–H groups in total. The molecule has 3 aliphatic heterocycles. The van der Waals surface area contributed by atoms with Gasteiger partial charge in [0, 0.05) is 36.8 Å². The molecular weight excluding hydrogens is 374 g/mol. The number of piperidine rings is 2. The SMILES string of the molecule is CCOC(=O)N1CCCC2CC(CN3CCC4(CC3)CNc3ccc(C)cc34)CC21. The number of carbonyl (C=O) groups excluding carboxylic acids is 1. The molecule has 3 heterocycles. The normalized spacial score (nSPS) is 30.1. The third kappa shape index (κ3) is 3.59. The van der Waals surface area contributed by atoms with E-state index in [2.05, 4.69) is 35.3 Å². The molecule has 0 radical (unpaired) electrons. The number of benzene rings is 1. The molecule has 3 atom stereocenters. The highest BCUT2D eigenvalue weighted by Gasteiger charge is 2.45. The van der Waals surface area contributed by atoms with E-state index in [1.54, 1.807) is 5.56 Å². The van der Waals surface area contributed by atoms with Crippen molar-refractivity contribution >= 4 is 11.8 Å². The fourth-order valence-corrected chi connectivity index (χ4v) is 6.76. The van der Waals surface area contributed by atoms with Gasteiger partial charge in [-0.15, -0.1) is 0 Å². The third-order valence-electron chi connectivity index (χ3n) is 8.32. The van der Waals surface area contributed by atoms with Crippen LogP contribution < -0.4 is 5.32 Å². The average molecular weight is 412 g/mol. The van der Waals surface area contributed by atoms with Gasteiger partial charge in [0.25, 0.3) is 0 Å². The van der Waals surface area contributed by atoms with Gasteiger partial charge in [-0.2, -0.15) is 0 Å². The van der Waals surface area contributed by atoms with E-state index in [1.807, 2.05) is 11.8 Å². The monoisotopic (exact) mass is 411 g/mol. The van der Waals surface area contributed by atoms with E-state index >= 15 is 0 Å². The summed E-state index contributed by atoms with van der Waals surface area (Å²) in [6.07, 6.45) is 7.28. The molecule has 5 rings (SSSR count). The molecule has 30 heavy (non-hydrogen) atoms. The maximum absolute atomic E-state index is 12.4. The van der Waals surface area contributed by atoms with Gasteiger partial charge in [-0.25, -0.2) is 4.79 Å². The smallest absolute Gasteiger partial charge is 0.410 e. The molecule has 1 amide bonds. The molecule has 1 spiro atoms. The molecule has 1 aromatic rings. The summed E-state index contributed by atoms with van der Waals surface area (Å²) in [5.74, 6) is 1.40. The van der Waals surface area contributed by atoms with Crippen LogP contribution in [0.15, 0.2) is 18.2 Å². The summed E-state index contributed by atoms with van der Waals surface area (Å²) >= 11 is 0. The summed E-state index contributed by atoms with van der Waals surface area (Å²) in [7, 11) is 0. The van der Waals surface area contributed by atoms with E-state index < -0.39 is 0 Å². The Bertz CT molecular complexity index is 787. The van der Waals surface area contributed by atoms with Crippen LogP contribution >= 0.6 is 0 Å². The molecule has 1 aromatic carbocycles. The van der Waals surface area contributed by atoms with Crippen LogP contribution in [0.2, 0.25) is 0 Å². The quantitative estimate of drug-likeness (QED) is 0.801. The van der Waals surface area contributed by atoms with E-state index in [0.717, 1.165) is 31.8 Å². The number of fused-ring (bicyclic) bond motifs is 3. The van der Waals surface area contributed by atoms with E-state index in [4.69, 9.17) is 4.74 Å². The lowest BCUT2D eigenvalue weighted by Crippen LogP contribution is -2.46. The Morgan fingerprint density at radius 2 is 2.07 bits per heavy atom. The van der Waals surface area contributed by atoms with E-state index in [0.29, 0.717) is 24.0 Å². The second-order valence-electron chi connectivity index (χ2n) is 10.2. The molecule has 3 unspecified atom stereocenters. The van der Waals surface area contributed by atoms with Crippen molar-refractivity contribution in [3.05, 3.63) is 29.3 Å². The fourth-order valence-electron chi connectivity index (χ4n) is 6.76. The lowest BCUT2D eigenvalue weighted by atomic mass is 9.74. The Hall–Kier alpha value is -1.75. The molecule has 4 aliphatic rings. The van der Waals surface area contributed by atoms with Crippen molar-refractivity contribution in [2.45, 2.75) is 63.8 Å². The molecule has 164 valence electrons. The van der Waals surface area contributed by atoms with Gasteiger partial charge in [0.2, 0.25) is 0 Å². The van der Waals surface area contributed by atoms with Gasteiger partial charge in [0.1, 0.15) is 0 Å². The van der Waals surface area contributed by atoms with Crippen molar-refractivity contribution in [1.82, 2.24) is 9.80 Å². The first-order chi connectivity index (χ1) is 14.6. The van der Waals surface area contributed by atoms with Crippen LogP contribution in [0.5, 0.6) is 0 Å². The number of carbonyl (C=O) groups is 1. The molecule has 0 bridgehead atoms. The van der Waals surface area contributed by atoms with Gasteiger partial charge >= 0.3 is 6.09 Å². The fraction of sp³-hybridized carbons (Fsp3) is 0.720. The predicted octanol–water partition coefficient (Wildman–Crippen LogP) is 4.40. The first-order valence-electron chi connectivity index (χ1n) is 12.1. The first kappa shape index (κ1) is 20.2. The highest BCUT2D eigenvalue weighted by molar-refractivity contribution is 5.68. The maximum Gasteiger partial charge on any atom is 0.410 e. The van der Waals surface area contributed by atoms with Crippen LogP contribution in [0.25, 0.3) is 0 Å². The summed E-state index contributed by atoms with van der Waals surface area (Å²) in [6.45, 7) is 10.2. The number of rotatable bonds is 3. The Morgan fingerprint density at radius 3 is 2.87 bits per heavy atom. The Morgan fingerprint density at radius 1 is 1.23 bits per heavy atom. The maximum atomic E-state index is 12.4. The molecule has 5 nitrogen and oxygen atoms in total. The van der Waals surface area contributed by atoms with Crippen molar-refractivity contribution in [3.63, 3.8) is 0 Å². The summed E-state index contributed by atoms with van der Waals surface area (Å²) in [5, 5.41) is 3.67. The first-order valence-corrected chi connectivity index (χ1v) is 12.1. The molecule has 1 saturated carbocycles. The van der Waals surface area contributed by atoms with Crippen molar-refractivity contribution < 1.29 is 9.53 Å². The van der Waals surface area contributed by atoms with Crippen molar-refractivity contribution in [2.24, 2.45) is 11.8 Å². The minimum atomic E-state index is -0.0875. The van der Waals surface area contributed by atoms with Crippen LogP contribution in [0.4, 0.5) is 10.5 Å². The summed E-state index contributed by atoms with van der Waals surface area (Å²) in [5.41, 5.74) is 4.62. The van der Waals surface area contributed by atoms with Gasteiger partial charge in [-0.05, 0) is 88.9 Å². The summed E-state index contributed by atoms with van der Waals surface area (Å²) in [4.78, 5) is 17.1. The van der Waals surface area contributed by atoms with E-state index in [-0.39, 0.29) is 6.09 Å². The van der Waals surface area contributed by atoms with Crippen LogP contribution in [-0.4, -0.2) is 61.3 Å². The van der Waals surface area contributed by atoms with Crippen LogP contribution in [0, 0.1) is 18.8 Å². The zero-order valence-electron chi connectivity index (χ0n) is 18.7. The highest BCUT2D eigenvalue weighted by atomic mass is 16.6. The number of amides is 1. The van der Waals surface area contributed by atoms with Gasteiger partial charge in [0.15, 0.2) is 0 Å². The second-order valence-corrected chi connectivity index (χ2v) is 10.2. The molecule has 0 aromatic heterocycles. The topological polar surface area (TPSA) is 44.8 Å². The lowest BCUT2D eigenvalue weighted by Gasteiger charge is -2.40. The number of nitrogens with one attached hydrogen (secondary N) is 1. The highest BCUT2D eigenvalue weighted by Crippen LogP contribution is 2.45. The van der Waals surface area contributed by atoms with E-state index in [1.165, 1.54) is 56.6 Å². The zero-order valence-corrected chi connectivity index (χ0v) is 18.7. The Balaban J connectivity index is 1.18. The number of likely N-dealkylation sites (tertiary alicyclic amines) is 2. The summed E-state index contributed by atoms with van der Waals surface area (Å²) in [6, 6.07) is 7.31. The van der Waals surface area contributed by atoms with Gasteiger partial charge in [-0.3, -0.25) is 0 Å². The van der Waals surface area contributed by atoms with Gasteiger partial charge in [-0.1, -0.05) is 17.7 Å². The van der Waals surface area contributed by atoms with Gasteiger partial charge in [0.05, 0.1) is 6.61 Å². The third-order valence-corrected chi connectivity index (χ3v) is 8.32. The van der Waals surface area contributed by atoms with Crippen molar-refractivity contribution in [2.75, 3.05) is 44.6 Å². The Labute approximate surface area is 181 Å². The average Bonchev–Trinajstić information content (AvgIpc) is 3.31. The molecule has 2 saturated heterocycles. The number of nitrogens with zero attached hydrogens (tertiary/aromatic N) is 2. The standard InChI is InChI=1S/C25H37N3O2/c1-3-30-24(29)28-10-4-5-20-14-19(15-23(20)28)16-27-11-8-25(9-12-27)17-26-22-7-6-18(2)13-21(22)25/h6-7,13,19-20,23,26H,3-5,8-12,14-17H2,1-2H3. The minimum Gasteiger partial charge on any atom is -0.450 e. The number of ether oxygens (including phenoxy) is 1. The van der Waals surface area contributed by atoms with Crippen molar-refractivity contribution in [3.8, 4) is 0 Å². The van der Waals surface area contributed by atoms with Crippen LogP contribution in [-0.2, 0) is 10.2 Å². The zero-order chi connectivity index (χ0) is 20.7. The molecule has 1 aliphatic carbocycles. The molecule has 3 fully saturated rings. The Kier molecular flexibility index (Phi) is 5.42. The number of hydrogen-bond acceptors (Lipinski definition) is 4. The molecular formula is C25H37N3O2. The van der Waals surface area contributed by atoms with E-state index in [9.17, 15) is 4.79 Å².